The zero-order chi connectivity index (χ0) is 19.9. The van der Waals surface area contributed by atoms with Crippen molar-refractivity contribution in [2.24, 2.45) is 0 Å². The van der Waals surface area contributed by atoms with Gasteiger partial charge in [-0.15, -0.1) is 5.10 Å². The van der Waals surface area contributed by atoms with Crippen molar-refractivity contribution in [2.75, 3.05) is 11.9 Å². The van der Waals surface area contributed by atoms with E-state index in [2.05, 4.69) is 20.5 Å². The van der Waals surface area contributed by atoms with Crippen LogP contribution < -0.4 is 5.32 Å². The molecule has 0 saturated heterocycles. The van der Waals surface area contributed by atoms with Crippen LogP contribution in [0.25, 0.3) is 11.4 Å². The number of hydrogen-bond donors (Lipinski definition) is 2. The normalized spacial score (nSPS) is 11.6. The number of ether oxygens (including phenoxy) is 1. The molecule has 8 heteroatoms. The third kappa shape index (κ3) is 4.98. The molecule has 3 rings (SSSR count). The first-order valence-corrected chi connectivity index (χ1v) is 9.67. The Balaban J connectivity index is 1.58. The number of aromatic nitrogens is 3. The van der Waals surface area contributed by atoms with Crippen LogP contribution in [0, 0.1) is 0 Å². The van der Waals surface area contributed by atoms with Gasteiger partial charge in [-0.25, -0.2) is 9.78 Å². The van der Waals surface area contributed by atoms with Gasteiger partial charge < -0.3 is 10.1 Å². The molecule has 0 aliphatic carbocycles. The van der Waals surface area contributed by atoms with Crippen molar-refractivity contribution in [3.63, 3.8) is 0 Å². The van der Waals surface area contributed by atoms with Crippen LogP contribution >= 0.6 is 11.8 Å². The molecule has 1 atom stereocenters. The fraction of sp³-hybridized carbons (Fsp3) is 0.200. The van der Waals surface area contributed by atoms with E-state index in [0.717, 1.165) is 5.56 Å². The van der Waals surface area contributed by atoms with E-state index in [0.29, 0.717) is 28.8 Å². The molecule has 28 heavy (non-hydrogen) atoms. The van der Waals surface area contributed by atoms with E-state index in [1.54, 1.807) is 38.1 Å². The highest BCUT2D eigenvalue weighted by Gasteiger charge is 2.18. The Labute approximate surface area is 166 Å². The summed E-state index contributed by atoms with van der Waals surface area (Å²) < 4.78 is 4.94. The van der Waals surface area contributed by atoms with Crippen molar-refractivity contribution < 1.29 is 14.3 Å². The number of H-pyrrole nitrogens is 1. The molecular weight excluding hydrogens is 376 g/mol. The number of aromatic amines is 1. The summed E-state index contributed by atoms with van der Waals surface area (Å²) in [6.07, 6.45) is 0. The van der Waals surface area contributed by atoms with E-state index in [1.807, 2.05) is 30.3 Å². The van der Waals surface area contributed by atoms with Gasteiger partial charge >= 0.3 is 5.97 Å². The summed E-state index contributed by atoms with van der Waals surface area (Å²) in [5, 5.41) is 9.97. The van der Waals surface area contributed by atoms with Crippen LogP contribution in [0.15, 0.2) is 59.8 Å². The smallest absolute Gasteiger partial charge is 0.338 e. The van der Waals surface area contributed by atoms with Crippen molar-refractivity contribution in [2.45, 2.75) is 24.3 Å². The third-order valence-electron chi connectivity index (χ3n) is 3.83. The summed E-state index contributed by atoms with van der Waals surface area (Å²) in [7, 11) is 0. The Morgan fingerprint density at radius 3 is 2.54 bits per heavy atom. The zero-order valence-corrected chi connectivity index (χ0v) is 16.3. The fourth-order valence-corrected chi connectivity index (χ4v) is 3.11. The van der Waals surface area contributed by atoms with Gasteiger partial charge in [-0.2, -0.15) is 0 Å². The summed E-state index contributed by atoms with van der Waals surface area (Å²) in [6, 6.07) is 16.2. The average Bonchev–Trinajstić information content (AvgIpc) is 3.18. The number of hydrogen-bond acceptors (Lipinski definition) is 6. The molecule has 0 bridgehead atoms. The summed E-state index contributed by atoms with van der Waals surface area (Å²) in [5.74, 6) is 0.0911. The van der Waals surface area contributed by atoms with E-state index in [9.17, 15) is 9.59 Å². The molecule has 2 aromatic carbocycles. The Hall–Kier alpha value is -3.13. The molecule has 144 valence electrons. The van der Waals surface area contributed by atoms with Crippen molar-refractivity contribution in [1.82, 2.24) is 15.2 Å². The van der Waals surface area contributed by atoms with E-state index in [1.165, 1.54) is 11.8 Å². The topological polar surface area (TPSA) is 97.0 Å². The van der Waals surface area contributed by atoms with Crippen molar-refractivity contribution in [3.8, 4) is 11.4 Å². The lowest BCUT2D eigenvalue weighted by Gasteiger charge is -2.10. The Kier molecular flexibility index (Phi) is 6.44. The minimum absolute atomic E-state index is 0.181. The standard InChI is InChI=1S/C20H20N4O3S/c1-3-27-19(26)15-9-11-16(12-10-15)21-18(25)13(2)28-20-22-17(23-24-20)14-7-5-4-6-8-14/h4-13H,3H2,1-2H3,(H,21,25)(H,22,23,24). The number of amides is 1. The number of rotatable bonds is 7. The van der Waals surface area contributed by atoms with Gasteiger partial charge in [0.25, 0.3) is 0 Å². The molecule has 1 amide bonds. The molecule has 0 aliphatic rings. The van der Waals surface area contributed by atoms with Gasteiger partial charge in [-0.3, -0.25) is 9.89 Å². The number of nitrogens with zero attached hydrogens (tertiary/aromatic N) is 2. The first-order chi connectivity index (χ1) is 13.6. The maximum atomic E-state index is 12.4. The predicted octanol–water partition coefficient (Wildman–Crippen LogP) is 3.77. The summed E-state index contributed by atoms with van der Waals surface area (Å²) >= 11 is 1.26. The summed E-state index contributed by atoms with van der Waals surface area (Å²) in [5.41, 5.74) is 1.97. The minimum atomic E-state index is -0.399. The highest BCUT2D eigenvalue weighted by Crippen LogP contribution is 2.23. The fourth-order valence-electron chi connectivity index (χ4n) is 2.38. The van der Waals surface area contributed by atoms with Gasteiger partial charge in [-0.05, 0) is 38.1 Å². The van der Waals surface area contributed by atoms with E-state index in [4.69, 9.17) is 4.74 Å². The lowest BCUT2D eigenvalue weighted by atomic mass is 10.2. The monoisotopic (exact) mass is 396 g/mol. The van der Waals surface area contributed by atoms with Crippen LogP contribution in [0.4, 0.5) is 5.69 Å². The van der Waals surface area contributed by atoms with Crippen molar-refractivity contribution in [3.05, 3.63) is 60.2 Å². The van der Waals surface area contributed by atoms with E-state index in [-0.39, 0.29) is 11.9 Å². The summed E-state index contributed by atoms with van der Waals surface area (Å²) in [4.78, 5) is 28.5. The molecule has 0 spiro atoms. The van der Waals surface area contributed by atoms with Crippen LogP contribution in [-0.2, 0) is 9.53 Å². The quantitative estimate of drug-likeness (QED) is 0.466. The van der Waals surface area contributed by atoms with Crippen LogP contribution in [0.2, 0.25) is 0 Å². The highest BCUT2D eigenvalue weighted by atomic mass is 32.2. The number of benzene rings is 2. The number of anilines is 1. The van der Waals surface area contributed by atoms with Crippen LogP contribution in [0.3, 0.4) is 0 Å². The van der Waals surface area contributed by atoms with E-state index < -0.39 is 5.25 Å². The zero-order valence-electron chi connectivity index (χ0n) is 15.5. The van der Waals surface area contributed by atoms with Crippen LogP contribution in [0.1, 0.15) is 24.2 Å². The Morgan fingerprint density at radius 1 is 1.14 bits per heavy atom. The van der Waals surface area contributed by atoms with Gasteiger partial charge in [0.1, 0.15) is 0 Å². The third-order valence-corrected chi connectivity index (χ3v) is 4.79. The predicted molar refractivity (Wildman–Crippen MR) is 108 cm³/mol. The molecule has 0 saturated carbocycles. The van der Waals surface area contributed by atoms with Gasteiger partial charge in [0.05, 0.1) is 17.4 Å². The lowest BCUT2D eigenvalue weighted by molar-refractivity contribution is -0.115. The van der Waals surface area contributed by atoms with E-state index >= 15 is 0 Å². The molecule has 3 aromatic rings. The maximum absolute atomic E-state index is 12.4. The number of carbonyl (C=O) groups is 2. The van der Waals surface area contributed by atoms with Crippen molar-refractivity contribution >= 4 is 29.3 Å². The Bertz CT molecular complexity index is 942. The number of nitrogens with one attached hydrogen (secondary N) is 2. The molecule has 0 fully saturated rings. The van der Waals surface area contributed by atoms with Gasteiger partial charge in [0.2, 0.25) is 11.1 Å². The molecule has 0 aliphatic heterocycles. The second kappa shape index (κ2) is 9.18. The highest BCUT2D eigenvalue weighted by molar-refractivity contribution is 8.00. The lowest BCUT2D eigenvalue weighted by Crippen LogP contribution is -2.22. The number of esters is 1. The van der Waals surface area contributed by atoms with Crippen LogP contribution in [0.5, 0.6) is 0 Å². The van der Waals surface area contributed by atoms with Gasteiger partial charge in [0, 0.05) is 11.3 Å². The molecule has 1 aromatic heterocycles. The second-order valence-electron chi connectivity index (χ2n) is 5.88. The second-order valence-corrected chi connectivity index (χ2v) is 7.19. The SMILES string of the molecule is CCOC(=O)c1ccc(NC(=O)C(C)Sc2n[nH]c(-c3ccccc3)n2)cc1. The molecule has 1 unspecified atom stereocenters. The molecule has 7 nitrogen and oxygen atoms in total. The number of thioether (sulfide) groups is 1. The molecule has 2 N–H and O–H groups in total. The first-order valence-electron chi connectivity index (χ1n) is 8.79. The summed E-state index contributed by atoms with van der Waals surface area (Å²) in [6.45, 7) is 3.85. The van der Waals surface area contributed by atoms with Gasteiger partial charge in [-0.1, -0.05) is 42.1 Å². The molecule has 0 radical (unpaired) electrons. The maximum Gasteiger partial charge on any atom is 0.338 e. The minimum Gasteiger partial charge on any atom is -0.462 e. The first kappa shape index (κ1) is 19.6. The molecule has 1 heterocycles. The molecular formula is C20H20N4O3S. The largest absolute Gasteiger partial charge is 0.462 e. The number of carbonyl (C=O) groups excluding carboxylic acids is 2. The van der Waals surface area contributed by atoms with Crippen molar-refractivity contribution in [1.29, 1.82) is 0 Å². The Morgan fingerprint density at radius 2 is 1.86 bits per heavy atom. The average molecular weight is 396 g/mol. The van der Waals surface area contributed by atoms with Crippen LogP contribution in [-0.4, -0.2) is 38.9 Å². The van der Waals surface area contributed by atoms with Gasteiger partial charge in [0.15, 0.2) is 5.82 Å².